The van der Waals surface area contributed by atoms with E-state index in [-0.39, 0.29) is 29.7 Å². The molecule has 0 unspecified atom stereocenters. The first-order chi connectivity index (χ1) is 14.3. The molecule has 0 radical (unpaired) electrons. The van der Waals surface area contributed by atoms with Crippen molar-refractivity contribution in [2.45, 2.75) is 32.4 Å². The fourth-order valence-electron chi connectivity index (χ4n) is 3.48. The molecule has 2 amide bonds. The molecular formula is C20H20N4O6. The van der Waals surface area contributed by atoms with Crippen molar-refractivity contribution >= 4 is 23.2 Å². The zero-order chi connectivity index (χ0) is 21.8. The lowest BCUT2D eigenvalue weighted by molar-refractivity contribution is -0.385. The van der Waals surface area contributed by atoms with Crippen molar-refractivity contribution in [2.24, 2.45) is 0 Å². The Morgan fingerprint density at radius 3 is 2.40 bits per heavy atom. The van der Waals surface area contributed by atoms with Gasteiger partial charge in [0.2, 0.25) is 5.91 Å². The van der Waals surface area contributed by atoms with Gasteiger partial charge in [0.15, 0.2) is 0 Å². The number of non-ortho nitro benzene ring substituents is 1. The molecule has 1 heterocycles. The number of hydrogen-bond acceptors (Lipinski definition) is 6. The van der Waals surface area contributed by atoms with Crippen molar-refractivity contribution in [3.8, 4) is 0 Å². The molecule has 10 nitrogen and oxygen atoms in total. The zero-order valence-corrected chi connectivity index (χ0v) is 16.2. The number of carbonyl (C=O) groups excluding carboxylic acids is 2. The Kier molecular flexibility index (Phi) is 6.05. The van der Waals surface area contributed by atoms with E-state index in [4.69, 9.17) is 0 Å². The highest BCUT2D eigenvalue weighted by Crippen LogP contribution is 2.24. The number of rotatable bonds is 6. The van der Waals surface area contributed by atoms with E-state index in [2.05, 4.69) is 5.32 Å². The molecule has 1 N–H and O–H groups in total. The van der Waals surface area contributed by atoms with Gasteiger partial charge in [0.25, 0.3) is 17.3 Å². The standard InChI is InChI=1S/C20H20N4O6/c1-13-11-15(6-9-17(13)24(29)30)20(26)22-10-2-3-18(22)19(25)21-12-14-4-7-16(8-5-14)23(27)28/h4-9,11,18H,2-3,10,12H2,1H3,(H,21,25)/t18-/m0/s1. The van der Waals surface area contributed by atoms with Gasteiger partial charge in [0.1, 0.15) is 6.04 Å². The number of aryl methyl sites for hydroxylation is 1. The van der Waals surface area contributed by atoms with Gasteiger partial charge in [-0.2, -0.15) is 0 Å². The summed E-state index contributed by atoms with van der Waals surface area (Å²) < 4.78 is 0. The van der Waals surface area contributed by atoms with E-state index in [1.807, 2.05) is 0 Å². The van der Waals surface area contributed by atoms with Gasteiger partial charge in [0.05, 0.1) is 9.85 Å². The van der Waals surface area contributed by atoms with Crippen LogP contribution < -0.4 is 5.32 Å². The first kappa shape index (κ1) is 20.9. The molecule has 0 bridgehead atoms. The van der Waals surface area contributed by atoms with E-state index in [0.717, 1.165) is 0 Å². The van der Waals surface area contributed by atoms with Crippen LogP contribution in [-0.2, 0) is 11.3 Å². The summed E-state index contributed by atoms with van der Waals surface area (Å²) in [6.45, 7) is 2.17. The summed E-state index contributed by atoms with van der Waals surface area (Å²) in [5.41, 5.74) is 1.29. The van der Waals surface area contributed by atoms with Gasteiger partial charge in [-0.3, -0.25) is 29.8 Å². The number of carbonyl (C=O) groups is 2. The minimum atomic E-state index is -0.633. The molecule has 10 heteroatoms. The predicted octanol–water partition coefficient (Wildman–Crippen LogP) is 2.73. The number of likely N-dealkylation sites (tertiary alicyclic amines) is 1. The Morgan fingerprint density at radius 2 is 1.80 bits per heavy atom. The number of hydrogen-bond donors (Lipinski definition) is 1. The molecular weight excluding hydrogens is 392 g/mol. The average Bonchev–Trinajstić information content (AvgIpc) is 3.21. The van der Waals surface area contributed by atoms with Gasteiger partial charge in [-0.1, -0.05) is 12.1 Å². The maximum absolute atomic E-state index is 12.9. The summed E-state index contributed by atoms with van der Waals surface area (Å²) in [7, 11) is 0. The summed E-state index contributed by atoms with van der Waals surface area (Å²) in [4.78, 5) is 47.7. The number of nitrogens with zero attached hydrogens (tertiary/aromatic N) is 3. The van der Waals surface area contributed by atoms with E-state index in [9.17, 15) is 29.8 Å². The van der Waals surface area contributed by atoms with Gasteiger partial charge in [-0.05, 0) is 37.5 Å². The number of nitrogens with one attached hydrogen (secondary N) is 1. The van der Waals surface area contributed by atoms with E-state index in [1.165, 1.54) is 35.2 Å². The monoisotopic (exact) mass is 412 g/mol. The molecule has 2 aromatic carbocycles. The normalized spacial score (nSPS) is 15.6. The number of nitro groups is 2. The summed E-state index contributed by atoms with van der Waals surface area (Å²) in [6.07, 6.45) is 1.19. The quantitative estimate of drug-likeness (QED) is 0.572. The van der Waals surface area contributed by atoms with Gasteiger partial charge in [-0.15, -0.1) is 0 Å². The van der Waals surface area contributed by atoms with E-state index in [0.29, 0.717) is 36.1 Å². The van der Waals surface area contributed by atoms with Crippen LogP contribution in [0.1, 0.15) is 34.3 Å². The third-order valence-corrected chi connectivity index (χ3v) is 5.07. The lowest BCUT2D eigenvalue weighted by atomic mass is 10.1. The van der Waals surface area contributed by atoms with Crippen molar-refractivity contribution < 1.29 is 19.4 Å². The van der Waals surface area contributed by atoms with Gasteiger partial charge >= 0.3 is 0 Å². The van der Waals surface area contributed by atoms with Gasteiger partial charge in [0, 0.05) is 42.4 Å². The molecule has 1 saturated heterocycles. The van der Waals surface area contributed by atoms with Crippen LogP contribution in [0.15, 0.2) is 42.5 Å². The van der Waals surface area contributed by atoms with Crippen LogP contribution >= 0.6 is 0 Å². The van der Waals surface area contributed by atoms with Crippen LogP contribution in [0.4, 0.5) is 11.4 Å². The minimum Gasteiger partial charge on any atom is -0.350 e. The summed E-state index contributed by atoms with van der Waals surface area (Å²) in [5.74, 6) is -0.654. The first-order valence-corrected chi connectivity index (χ1v) is 9.35. The number of benzene rings is 2. The van der Waals surface area contributed by atoms with E-state index < -0.39 is 15.9 Å². The molecule has 0 saturated carbocycles. The molecule has 30 heavy (non-hydrogen) atoms. The molecule has 156 valence electrons. The van der Waals surface area contributed by atoms with Crippen molar-refractivity contribution in [3.05, 3.63) is 79.4 Å². The molecule has 1 atom stereocenters. The molecule has 1 fully saturated rings. The largest absolute Gasteiger partial charge is 0.350 e. The zero-order valence-electron chi connectivity index (χ0n) is 16.2. The fraction of sp³-hybridized carbons (Fsp3) is 0.300. The maximum atomic E-state index is 12.9. The van der Waals surface area contributed by atoms with Gasteiger partial charge in [-0.25, -0.2) is 0 Å². The van der Waals surface area contributed by atoms with Crippen molar-refractivity contribution in [3.63, 3.8) is 0 Å². The smallest absolute Gasteiger partial charge is 0.272 e. The second-order valence-corrected chi connectivity index (χ2v) is 7.06. The highest BCUT2D eigenvalue weighted by Gasteiger charge is 2.34. The fourth-order valence-corrected chi connectivity index (χ4v) is 3.48. The molecule has 0 aromatic heterocycles. The molecule has 1 aliphatic heterocycles. The van der Waals surface area contributed by atoms with E-state index >= 15 is 0 Å². The SMILES string of the molecule is Cc1cc(C(=O)N2CCC[C@H]2C(=O)NCc2ccc([N+](=O)[O-])cc2)ccc1[N+](=O)[O-]. The lowest BCUT2D eigenvalue weighted by Crippen LogP contribution is -2.45. The Morgan fingerprint density at radius 1 is 1.10 bits per heavy atom. The predicted molar refractivity (Wildman–Crippen MR) is 107 cm³/mol. The van der Waals surface area contributed by atoms with Gasteiger partial charge < -0.3 is 10.2 Å². The Hall–Kier alpha value is -3.82. The number of nitro benzene ring substituents is 2. The maximum Gasteiger partial charge on any atom is 0.272 e. The molecule has 2 aromatic rings. The van der Waals surface area contributed by atoms with Crippen molar-refractivity contribution in [1.29, 1.82) is 0 Å². The average molecular weight is 412 g/mol. The third-order valence-electron chi connectivity index (χ3n) is 5.07. The van der Waals surface area contributed by atoms with Crippen molar-refractivity contribution in [1.82, 2.24) is 10.2 Å². The Labute approximate surface area is 171 Å². The van der Waals surface area contributed by atoms with Crippen LogP contribution in [-0.4, -0.2) is 39.1 Å². The topological polar surface area (TPSA) is 136 Å². The highest BCUT2D eigenvalue weighted by atomic mass is 16.6. The Bertz CT molecular complexity index is 1000. The lowest BCUT2D eigenvalue weighted by Gasteiger charge is -2.24. The second-order valence-electron chi connectivity index (χ2n) is 7.06. The summed E-state index contributed by atoms with van der Waals surface area (Å²) in [5, 5.41) is 24.4. The first-order valence-electron chi connectivity index (χ1n) is 9.35. The summed E-state index contributed by atoms with van der Waals surface area (Å²) in [6, 6.07) is 9.38. The molecule has 0 spiro atoms. The van der Waals surface area contributed by atoms with E-state index in [1.54, 1.807) is 19.1 Å². The van der Waals surface area contributed by atoms with Crippen LogP contribution in [0.3, 0.4) is 0 Å². The number of amides is 2. The molecule has 3 rings (SSSR count). The summed E-state index contributed by atoms with van der Waals surface area (Å²) >= 11 is 0. The third kappa shape index (κ3) is 4.43. The van der Waals surface area contributed by atoms with Crippen LogP contribution in [0, 0.1) is 27.2 Å². The van der Waals surface area contributed by atoms with Crippen molar-refractivity contribution in [2.75, 3.05) is 6.54 Å². The minimum absolute atomic E-state index is 0.0315. The highest BCUT2D eigenvalue weighted by molar-refractivity contribution is 5.98. The van der Waals surface area contributed by atoms with Crippen LogP contribution in [0.25, 0.3) is 0 Å². The van der Waals surface area contributed by atoms with Crippen LogP contribution in [0.2, 0.25) is 0 Å². The Balaban J connectivity index is 1.66. The van der Waals surface area contributed by atoms with Crippen LogP contribution in [0.5, 0.6) is 0 Å². The molecule has 0 aliphatic carbocycles. The second kappa shape index (κ2) is 8.68. The molecule has 1 aliphatic rings.